The van der Waals surface area contributed by atoms with Crippen molar-refractivity contribution in [1.82, 2.24) is 0 Å². The molecule has 0 saturated heterocycles. The van der Waals surface area contributed by atoms with Crippen LogP contribution in [0.2, 0.25) is 0 Å². The minimum atomic E-state index is -0.762. The largest absolute Gasteiger partial charge is 1.00 e. The standard InChI is InChI=1S/2C11H17.Zr.2H/c2*1-6-11(5)7-8(2)9(3)10(11)4;;;/h2*6H2,1-5H3;;;/q;;;2*-1. The normalized spacial score (nSPS) is 31.9. The second kappa shape index (κ2) is 6.29. The summed E-state index contributed by atoms with van der Waals surface area (Å²) in [5.74, 6) is 0. The second-order valence-electron chi connectivity index (χ2n) is 8.00. The molecule has 0 aliphatic heterocycles. The Morgan fingerprint density at radius 3 is 1.22 bits per heavy atom. The number of rotatable bonds is 4. The van der Waals surface area contributed by atoms with Crippen LogP contribution in [0.3, 0.4) is 0 Å². The van der Waals surface area contributed by atoms with E-state index >= 15 is 0 Å². The van der Waals surface area contributed by atoms with E-state index in [0.717, 1.165) is 0 Å². The molecule has 2 unspecified atom stereocenters. The minimum Gasteiger partial charge on any atom is -1.00 e. The second-order valence-corrected chi connectivity index (χ2v) is 11.1. The van der Waals surface area contributed by atoms with Crippen molar-refractivity contribution in [2.75, 3.05) is 0 Å². The fourth-order valence-corrected chi connectivity index (χ4v) is 10.0. The Labute approximate surface area is 158 Å². The first-order chi connectivity index (χ1) is 10.6. The van der Waals surface area contributed by atoms with E-state index in [0.29, 0.717) is 10.8 Å². The molecular formula is C22H36Zr-2. The summed E-state index contributed by atoms with van der Waals surface area (Å²) in [4.78, 5) is 0. The molecular weight excluding hydrogens is 355 g/mol. The number of hydrogen-bond acceptors (Lipinski definition) is 0. The van der Waals surface area contributed by atoms with Gasteiger partial charge < -0.3 is 2.85 Å². The van der Waals surface area contributed by atoms with Gasteiger partial charge in [0.1, 0.15) is 0 Å². The van der Waals surface area contributed by atoms with E-state index in [2.05, 4.69) is 69.2 Å². The zero-order valence-corrected chi connectivity index (χ0v) is 19.4. The number of hydrogen-bond donors (Lipinski definition) is 0. The molecule has 0 aromatic carbocycles. The van der Waals surface area contributed by atoms with Crippen molar-refractivity contribution in [2.24, 2.45) is 10.8 Å². The molecule has 0 spiro atoms. The van der Waals surface area contributed by atoms with Gasteiger partial charge in [-0.3, -0.25) is 0 Å². The molecule has 23 heavy (non-hydrogen) atoms. The average molecular weight is 392 g/mol. The first kappa shape index (κ1) is 19.2. The summed E-state index contributed by atoms with van der Waals surface area (Å²) in [6, 6.07) is 0. The molecule has 0 amide bonds. The monoisotopic (exact) mass is 390 g/mol. The molecule has 0 aromatic rings. The molecule has 0 radical (unpaired) electrons. The van der Waals surface area contributed by atoms with Crippen LogP contribution in [0.5, 0.6) is 0 Å². The summed E-state index contributed by atoms with van der Waals surface area (Å²) >= 11 is -0.762. The summed E-state index contributed by atoms with van der Waals surface area (Å²) in [6.07, 6.45) is 2.48. The average Bonchev–Trinajstić information content (AvgIpc) is 2.81. The van der Waals surface area contributed by atoms with E-state index in [1.165, 1.54) is 12.8 Å². The van der Waals surface area contributed by atoms with Gasteiger partial charge >= 0.3 is 156 Å². The van der Waals surface area contributed by atoms with Gasteiger partial charge in [0.15, 0.2) is 0 Å². The molecule has 2 rings (SSSR count). The molecule has 1 heteroatoms. The first-order valence-electron chi connectivity index (χ1n) is 9.12. The smallest absolute Gasteiger partial charge is 1.00 e. The molecule has 0 nitrogen and oxygen atoms in total. The van der Waals surface area contributed by atoms with Crippen LogP contribution < -0.4 is 0 Å². The van der Waals surface area contributed by atoms with Crippen LogP contribution in [0.15, 0.2) is 40.0 Å². The summed E-state index contributed by atoms with van der Waals surface area (Å²) < 4.78 is 3.69. The van der Waals surface area contributed by atoms with Crippen molar-refractivity contribution in [3.05, 3.63) is 40.0 Å². The SMILES string of the molecule is CCC1(C)C(C)=C(C)C(C)=[C]1[Zr][C]1=C(C)C(C)=C(C)C1(C)CC.[H-].[H-]. The Hall–Kier alpha value is -0.157. The first-order valence-corrected chi connectivity index (χ1v) is 11.6. The maximum absolute atomic E-state index is 2.50. The summed E-state index contributed by atoms with van der Waals surface area (Å²) in [7, 11) is 0. The van der Waals surface area contributed by atoms with Crippen LogP contribution in [0.4, 0.5) is 0 Å². The fourth-order valence-electron chi connectivity index (χ4n) is 4.44. The van der Waals surface area contributed by atoms with Crippen molar-refractivity contribution in [1.29, 1.82) is 0 Å². The van der Waals surface area contributed by atoms with Crippen LogP contribution in [0.1, 0.15) is 84.9 Å². The van der Waals surface area contributed by atoms with Crippen LogP contribution in [-0.4, -0.2) is 0 Å². The van der Waals surface area contributed by atoms with Crippen molar-refractivity contribution in [2.45, 2.75) is 82.1 Å². The quantitative estimate of drug-likeness (QED) is 0.469. The van der Waals surface area contributed by atoms with Gasteiger partial charge in [-0.15, -0.1) is 0 Å². The van der Waals surface area contributed by atoms with E-state index < -0.39 is 23.2 Å². The molecule has 2 aliphatic carbocycles. The van der Waals surface area contributed by atoms with Crippen LogP contribution in [0.25, 0.3) is 0 Å². The van der Waals surface area contributed by atoms with Gasteiger partial charge in [-0.1, -0.05) is 0 Å². The Bertz CT molecular complexity index is 620. The molecule has 2 aliphatic rings. The van der Waals surface area contributed by atoms with Crippen molar-refractivity contribution < 1.29 is 26.1 Å². The topological polar surface area (TPSA) is 0 Å². The number of allylic oxidation sites excluding steroid dienone is 8. The molecule has 0 heterocycles. The predicted molar refractivity (Wildman–Crippen MR) is 101 cm³/mol. The van der Waals surface area contributed by atoms with E-state index in [9.17, 15) is 0 Å². The van der Waals surface area contributed by atoms with Crippen LogP contribution in [-0.2, 0) is 23.2 Å². The fraction of sp³-hybridized carbons (Fsp3) is 0.636. The van der Waals surface area contributed by atoms with Gasteiger partial charge in [-0.2, -0.15) is 0 Å². The zero-order chi connectivity index (χ0) is 17.7. The minimum absolute atomic E-state index is 0. The maximum Gasteiger partial charge on any atom is -1.00 e. The van der Waals surface area contributed by atoms with E-state index in [-0.39, 0.29) is 2.85 Å². The summed E-state index contributed by atoms with van der Waals surface area (Å²) in [6.45, 7) is 23.9. The van der Waals surface area contributed by atoms with E-state index in [1.807, 2.05) is 6.56 Å². The third kappa shape index (κ3) is 2.57. The molecule has 0 bridgehead atoms. The molecule has 130 valence electrons. The van der Waals surface area contributed by atoms with Gasteiger partial charge in [0, 0.05) is 0 Å². The molecule has 0 aromatic heterocycles. The van der Waals surface area contributed by atoms with Gasteiger partial charge in [0.05, 0.1) is 0 Å². The molecule has 0 fully saturated rings. The summed E-state index contributed by atoms with van der Waals surface area (Å²) in [5.41, 5.74) is 10.3. The Balaban J connectivity index is 0.00000288. The third-order valence-electron chi connectivity index (χ3n) is 7.42. The van der Waals surface area contributed by atoms with Crippen molar-refractivity contribution >= 4 is 0 Å². The van der Waals surface area contributed by atoms with Gasteiger partial charge in [0.2, 0.25) is 0 Å². The third-order valence-corrected chi connectivity index (χ3v) is 13.2. The Kier molecular flexibility index (Phi) is 5.24. The molecule has 0 saturated carbocycles. The zero-order valence-electron chi connectivity index (χ0n) is 18.9. The van der Waals surface area contributed by atoms with E-state index in [4.69, 9.17) is 0 Å². The van der Waals surface area contributed by atoms with E-state index in [1.54, 1.807) is 33.4 Å². The van der Waals surface area contributed by atoms with Gasteiger partial charge in [-0.05, 0) is 0 Å². The van der Waals surface area contributed by atoms with Crippen LogP contribution >= 0.6 is 0 Å². The van der Waals surface area contributed by atoms with Crippen LogP contribution in [0, 0.1) is 10.8 Å². The van der Waals surface area contributed by atoms with Gasteiger partial charge in [0.25, 0.3) is 0 Å². The molecule has 2 atom stereocenters. The maximum atomic E-state index is 2.50. The van der Waals surface area contributed by atoms with Gasteiger partial charge in [-0.25, -0.2) is 0 Å². The Morgan fingerprint density at radius 2 is 0.957 bits per heavy atom. The Morgan fingerprint density at radius 1 is 0.652 bits per heavy atom. The predicted octanol–water partition coefficient (Wildman–Crippen LogP) is 7.37. The summed E-state index contributed by atoms with van der Waals surface area (Å²) in [5, 5.41) is 0. The van der Waals surface area contributed by atoms with Crippen molar-refractivity contribution in [3.8, 4) is 0 Å². The molecule has 0 N–H and O–H groups in total. The van der Waals surface area contributed by atoms with Crippen molar-refractivity contribution in [3.63, 3.8) is 0 Å².